The Morgan fingerprint density at radius 2 is 1.66 bits per heavy atom. The van der Waals surface area contributed by atoms with E-state index in [0.29, 0.717) is 48.6 Å². The van der Waals surface area contributed by atoms with Crippen LogP contribution in [0.5, 0.6) is 0 Å². The third-order valence-corrected chi connectivity index (χ3v) is 8.91. The molecule has 0 radical (unpaired) electrons. The first-order chi connectivity index (χ1) is 22.3. The van der Waals surface area contributed by atoms with E-state index >= 15 is 0 Å². The van der Waals surface area contributed by atoms with E-state index in [1.54, 1.807) is 46.8 Å². The smallest absolute Gasteiger partial charge is 0.352 e. The van der Waals surface area contributed by atoms with Crippen molar-refractivity contribution in [3.63, 3.8) is 0 Å². The lowest BCUT2D eigenvalue weighted by Crippen LogP contribution is -2.49. The summed E-state index contributed by atoms with van der Waals surface area (Å²) in [6, 6.07) is 17.7. The molecule has 2 fully saturated rings. The number of urea groups is 1. The number of halogens is 1. The molecular formula is C33H36FN7O5S. The van der Waals surface area contributed by atoms with E-state index in [2.05, 4.69) is 17.2 Å². The molecule has 1 aliphatic carbocycles. The second-order valence-corrected chi connectivity index (χ2v) is 13.8. The van der Waals surface area contributed by atoms with Gasteiger partial charge in [0.1, 0.15) is 17.5 Å². The van der Waals surface area contributed by atoms with Gasteiger partial charge in [0.2, 0.25) is 0 Å². The van der Waals surface area contributed by atoms with Gasteiger partial charge in [0, 0.05) is 37.7 Å². The molecule has 1 saturated heterocycles. The number of pyridine rings is 1. The highest BCUT2D eigenvalue weighted by Crippen LogP contribution is 2.47. The lowest BCUT2D eigenvalue weighted by molar-refractivity contribution is 0.0741. The Kier molecular flexibility index (Phi) is 8.49. The zero-order chi connectivity index (χ0) is 33.5. The number of anilines is 3. The first-order valence-corrected chi connectivity index (χ1v) is 17.1. The fourth-order valence-corrected chi connectivity index (χ4v) is 5.86. The first kappa shape index (κ1) is 32.1. The monoisotopic (exact) mass is 661 g/mol. The van der Waals surface area contributed by atoms with E-state index in [1.165, 1.54) is 12.1 Å². The molecule has 2 aromatic carbocycles. The molecule has 0 bridgehead atoms. The minimum absolute atomic E-state index is 0.0309. The Bertz CT molecular complexity index is 1930. The Balaban J connectivity index is 1.22. The summed E-state index contributed by atoms with van der Waals surface area (Å²) < 4.78 is 45.6. The van der Waals surface area contributed by atoms with Crippen LogP contribution in [-0.2, 0) is 19.8 Å². The maximum absolute atomic E-state index is 14.2. The quantitative estimate of drug-likeness (QED) is 0.262. The highest BCUT2D eigenvalue weighted by Gasteiger charge is 2.42. The number of carbonyl (C=O) groups excluding carboxylic acids is 2. The van der Waals surface area contributed by atoms with E-state index in [-0.39, 0.29) is 22.6 Å². The Labute approximate surface area is 272 Å². The Morgan fingerprint density at radius 3 is 2.28 bits per heavy atom. The van der Waals surface area contributed by atoms with Gasteiger partial charge in [0.25, 0.3) is 16.0 Å². The molecule has 0 atom stereocenters. The van der Waals surface area contributed by atoms with Crippen molar-refractivity contribution >= 4 is 39.4 Å². The van der Waals surface area contributed by atoms with Gasteiger partial charge >= 0.3 is 6.03 Å². The summed E-state index contributed by atoms with van der Waals surface area (Å²) in [6.07, 6.45) is 2.81. The van der Waals surface area contributed by atoms with Crippen molar-refractivity contribution < 1.29 is 26.7 Å². The van der Waals surface area contributed by atoms with Crippen LogP contribution >= 0.6 is 0 Å². The van der Waals surface area contributed by atoms with Crippen molar-refractivity contribution in [3.05, 3.63) is 95.1 Å². The molecule has 3 heterocycles. The molecule has 12 nitrogen and oxygen atoms in total. The van der Waals surface area contributed by atoms with Crippen molar-refractivity contribution in [3.8, 4) is 5.69 Å². The summed E-state index contributed by atoms with van der Waals surface area (Å²) in [7, 11) is -4.13. The second-order valence-electron chi connectivity index (χ2n) is 12.3. The predicted molar refractivity (Wildman–Crippen MR) is 176 cm³/mol. The summed E-state index contributed by atoms with van der Waals surface area (Å²) in [5, 5.41) is 8.26. The standard InChI is InChI=1S/C33H36FN7O5S/c1-22-9-11-24(12-10-22)40-30(21-28(37-40)33(3)15-16-33)36-32(43)41(46-47(4,44)45)27-13-14-29(35-23(27)2)38-17-19-39(20-18-38)31(42)25-7-5-6-8-26(25)34/h5-14,21H,15-20H2,1-4H3,(H,36,43). The highest BCUT2D eigenvalue weighted by atomic mass is 32.2. The van der Waals surface area contributed by atoms with Crippen LogP contribution in [0.2, 0.25) is 0 Å². The summed E-state index contributed by atoms with van der Waals surface area (Å²) in [6.45, 7) is 7.33. The van der Waals surface area contributed by atoms with E-state index in [4.69, 9.17) is 9.38 Å². The fourth-order valence-electron chi connectivity index (χ4n) is 5.45. The number of amides is 3. The number of piperazine rings is 1. The lowest BCUT2D eigenvalue weighted by atomic mass is 10.1. The van der Waals surface area contributed by atoms with Gasteiger partial charge in [-0.05, 0) is 63.1 Å². The zero-order valence-corrected chi connectivity index (χ0v) is 27.4. The number of carbonyl (C=O) groups is 2. The molecule has 2 aromatic heterocycles. The summed E-state index contributed by atoms with van der Waals surface area (Å²) in [5.74, 6) is -0.00307. The number of rotatable bonds is 8. The van der Waals surface area contributed by atoms with Gasteiger partial charge in [0.15, 0.2) is 0 Å². The normalized spacial score (nSPS) is 15.8. The van der Waals surface area contributed by atoms with Crippen LogP contribution in [0.3, 0.4) is 0 Å². The first-order valence-electron chi connectivity index (χ1n) is 15.3. The van der Waals surface area contributed by atoms with Crippen LogP contribution in [0, 0.1) is 19.7 Å². The average molecular weight is 662 g/mol. The highest BCUT2D eigenvalue weighted by molar-refractivity contribution is 7.86. The largest absolute Gasteiger partial charge is 0.353 e. The molecule has 2 aliphatic rings. The van der Waals surface area contributed by atoms with Gasteiger partial charge in [-0.1, -0.05) is 36.8 Å². The number of hydrogen-bond donors (Lipinski definition) is 1. The van der Waals surface area contributed by atoms with Crippen LogP contribution in [0.4, 0.5) is 26.5 Å². The lowest BCUT2D eigenvalue weighted by Gasteiger charge is -2.35. The molecule has 14 heteroatoms. The van der Waals surface area contributed by atoms with Gasteiger partial charge in [-0.15, -0.1) is 4.28 Å². The molecule has 0 spiro atoms. The van der Waals surface area contributed by atoms with E-state index in [1.807, 2.05) is 36.1 Å². The van der Waals surface area contributed by atoms with E-state index in [9.17, 15) is 22.4 Å². The number of hydrogen-bond acceptors (Lipinski definition) is 8. The number of aryl methyl sites for hydroxylation is 2. The summed E-state index contributed by atoms with van der Waals surface area (Å²) in [5.41, 5.74) is 3.02. The predicted octanol–water partition coefficient (Wildman–Crippen LogP) is 4.97. The van der Waals surface area contributed by atoms with Gasteiger partial charge in [0.05, 0.1) is 34.6 Å². The maximum atomic E-state index is 14.2. The van der Waals surface area contributed by atoms with Crippen molar-refractivity contribution in [1.29, 1.82) is 0 Å². The SMILES string of the molecule is Cc1ccc(-n2nc(C3(C)CC3)cc2NC(=O)N(OS(C)(=O)=O)c2ccc(N3CCN(C(=O)c4ccccc4F)CC3)nc2C)cc1. The van der Waals surface area contributed by atoms with Crippen molar-refractivity contribution in [1.82, 2.24) is 19.7 Å². The molecule has 1 aliphatic heterocycles. The average Bonchev–Trinajstić information content (AvgIpc) is 3.65. The van der Waals surface area contributed by atoms with E-state index in [0.717, 1.165) is 36.0 Å². The number of nitrogens with zero attached hydrogens (tertiary/aromatic N) is 6. The van der Waals surface area contributed by atoms with Crippen LogP contribution in [0.1, 0.15) is 47.1 Å². The molecule has 0 unspecified atom stereocenters. The summed E-state index contributed by atoms with van der Waals surface area (Å²) >= 11 is 0. The van der Waals surface area contributed by atoms with Gasteiger partial charge in [-0.2, -0.15) is 18.6 Å². The maximum Gasteiger partial charge on any atom is 0.352 e. The minimum atomic E-state index is -4.13. The van der Waals surface area contributed by atoms with Gasteiger partial charge in [-0.25, -0.2) is 18.9 Å². The van der Waals surface area contributed by atoms with Crippen LogP contribution in [0.25, 0.3) is 5.69 Å². The molecular weight excluding hydrogens is 625 g/mol. The molecule has 6 rings (SSSR count). The minimum Gasteiger partial charge on any atom is -0.353 e. The Morgan fingerprint density at radius 1 is 0.979 bits per heavy atom. The topological polar surface area (TPSA) is 130 Å². The van der Waals surface area contributed by atoms with Gasteiger partial charge in [-0.3, -0.25) is 10.1 Å². The molecule has 246 valence electrons. The van der Waals surface area contributed by atoms with Crippen LogP contribution in [-0.4, -0.2) is 72.5 Å². The fraction of sp³-hybridized carbons (Fsp3) is 0.333. The van der Waals surface area contributed by atoms with Gasteiger partial charge < -0.3 is 9.80 Å². The number of hydroxylamine groups is 1. The number of aromatic nitrogens is 3. The summed E-state index contributed by atoms with van der Waals surface area (Å²) in [4.78, 5) is 34.8. The molecule has 47 heavy (non-hydrogen) atoms. The van der Waals surface area contributed by atoms with E-state index < -0.39 is 22.0 Å². The van der Waals surface area contributed by atoms with Crippen molar-refractivity contribution in [2.24, 2.45) is 0 Å². The second kappa shape index (κ2) is 12.4. The molecule has 1 saturated carbocycles. The van der Waals surface area contributed by atoms with Crippen molar-refractivity contribution in [2.75, 3.05) is 47.7 Å². The zero-order valence-electron chi connectivity index (χ0n) is 26.6. The molecule has 4 aromatic rings. The van der Waals surface area contributed by atoms with Crippen LogP contribution < -0.4 is 15.3 Å². The van der Waals surface area contributed by atoms with Crippen LogP contribution in [0.15, 0.2) is 66.7 Å². The third kappa shape index (κ3) is 6.98. The number of benzene rings is 2. The molecule has 1 N–H and O–H groups in total. The van der Waals surface area contributed by atoms with Crippen molar-refractivity contribution in [2.45, 2.75) is 39.0 Å². The third-order valence-electron chi connectivity index (χ3n) is 8.49. The Hall–Kier alpha value is -4.82. The number of nitrogens with one attached hydrogen (secondary N) is 1. The molecule has 3 amide bonds.